The summed E-state index contributed by atoms with van der Waals surface area (Å²) in [6.07, 6.45) is 0. The Morgan fingerprint density at radius 2 is 2.00 bits per heavy atom. The molecule has 2 saturated heterocycles. The van der Waals surface area contributed by atoms with Crippen molar-refractivity contribution >= 4 is 5.91 Å². The van der Waals surface area contributed by atoms with Gasteiger partial charge in [0.25, 0.3) is 0 Å². The van der Waals surface area contributed by atoms with E-state index < -0.39 is 0 Å². The fourth-order valence-electron chi connectivity index (χ4n) is 4.26. The Balaban J connectivity index is 1.54. The Kier molecular flexibility index (Phi) is 3.84. The summed E-state index contributed by atoms with van der Waals surface area (Å²) in [6, 6.07) is 10.6. The molecular weight excluding hydrogens is 304 g/mol. The van der Waals surface area contributed by atoms with Gasteiger partial charge in [0.15, 0.2) is 0 Å². The first-order valence-corrected chi connectivity index (χ1v) is 8.45. The zero-order valence-electron chi connectivity index (χ0n) is 14.1. The first-order chi connectivity index (χ1) is 11.6. The summed E-state index contributed by atoms with van der Waals surface area (Å²) in [5, 5.41) is 8.00. The van der Waals surface area contributed by atoms with E-state index in [0.717, 1.165) is 19.6 Å². The van der Waals surface area contributed by atoms with Crippen molar-refractivity contribution in [2.75, 3.05) is 19.6 Å². The van der Waals surface area contributed by atoms with Crippen LogP contribution in [0.5, 0.6) is 0 Å². The van der Waals surface area contributed by atoms with Crippen molar-refractivity contribution in [2.45, 2.75) is 26.4 Å². The largest absolute Gasteiger partial charge is 0.424 e. The predicted molar refractivity (Wildman–Crippen MR) is 87.9 cm³/mol. The molecule has 2 fully saturated rings. The number of amides is 1. The number of likely N-dealkylation sites (tertiary alicyclic amines) is 2. The molecule has 1 amide bonds. The Morgan fingerprint density at radius 1 is 1.21 bits per heavy atom. The van der Waals surface area contributed by atoms with Crippen molar-refractivity contribution in [1.29, 1.82) is 0 Å². The van der Waals surface area contributed by atoms with E-state index in [1.807, 2.05) is 17.9 Å². The standard InChI is InChI=1S/C18H22N4O2/c1-12-19-20-17(24-12)11-21-8-15-9-22(13(2)23)18(16(15)10-21)14-6-4-3-5-7-14/h3-7,15-16,18H,8-11H2,1-2H3/t15-,16-,18-/m1/s1. The molecule has 3 heterocycles. The lowest BCUT2D eigenvalue weighted by Gasteiger charge is -2.28. The monoisotopic (exact) mass is 326 g/mol. The van der Waals surface area contributed by atoms with Crippen LogP contribution in [0.15, 0.2) is 34.7 Å². The molecule has 2 aromatic rings. The SMILES string of the molecule is CC(=O)N1C[C@H]2CN(Cc3nnc(C)o3)C[C@H]2[C@H]1c1ccccc1. The number of carbonyl (C=O) groups excluding carboxylic acids is 1. The average molecular weight is 326 g/mol. The van der Waals surface area contributed by atoms with Crippen LogP contribution in [0.2, 0.25) is 0 Å². The highest BCUT2D eigenvalue weighted by molar-refractivity contribution is 5.74. The van der Waals surface area contributed by atoms with Gasteiger partial charge in [-0.15, -0.1) is 10.2 Å². The van der Waals surface area contributed by atoms with Gasteiger partial charge in [0.1, 0.15) is 0 Å². The number of carbonyl (C=O) groups is 1. The molecule has 0 radical (unpaired) electrons. The van der Waals surface area contributed by atoms with Crippen LogP contribution in [0.1, 0.15) is 30.3 Å². The molecule has 0 unspecified atom stereocenters. The minimum atomic E-state index is 0.164. The van der Waals surface area contributed by atoms with Crippen LogP contribution in [-0.4, -0.2) is 45.5 Å². The Bertz CT molecular complexity index is 730. The van der Waals surface area contributed by atoms with E-state index in [1.54, 1.807) is 6.92 Å². The van der Waals surface area contributed by atoms with Crippen LogP contribution in [0, 0.1) is 18.8 Å². The third-order valence-corrected chi connectivity index (χ3v) is 5.21. The predicted octanol–water partition coefficient (Wildman–Crippen LogP) is 2.03. The molecule has 0 aliphatic carbocycles. The van der Waals surface area contributed by atoms with Crippen molar-refractivity contribution in [1.82, 2.24) is 20.0 Å². The van der Waals surface area contributed by atoms with Gasteiger partial charge in [-0.25, -0.2) is 0 Å². The second-order valence-corrected chi connectivity index (χ2v) is 6.86. The van der Waals surface area contributed by atoms with E-state index in [0.29, 0.717) is 30.2 Å². The number of nitrogens with zero attached hydrogens (tertiary/aromatic N) is 4. The van der Waals surface area contributed by atoms with Crippen molar-refractivity contribution < 1.29 is 9.21 Å². The molecule has 1 aromatic heterocycles. The Labute approximate surface area is 141 Å². The number of aryl methyl sites for hydroxylation is 1. The second kappa shape index (κ2) is 6.02. The molecule has 0 N–H and O–H groups in total. The van der Waals surface area contributed by atoms with Crippen LogP contribution in [0.3, 0.4) is 0 Å². The van der Waals surface area contributed by atoms with Crippen LogP contribution < -0.4 is 0 Å². The fourth-order valence-corrected chi connectivity index (χ4v) is 4.26. The summed E-state index contributed by atoms with van der Waals surface area (Å²) in [5.41, 5.74) is 1.23. The minimum Gasteiger partial charge on any atom is -0.424 e. The number of rotatable bonds is 3. The van der Waals surface area contributed by atoms with Crippen LogP contribution in [0.4, 0.5) is 0 Å². The highest BCUT2D eigenvalue weighted by atomic mass is 16.4. The second-order valence-electron chi connectivity index (χ2n) is 6.86. The first-order valence-electron chi connectivity index (χ1n) is 8.45. The zero-order chi connectivity index (χ0) is 16.7. The summed E-state index contributed by atoms with van der Waals surface area (Å²) >= 11 is 0. The summed E-state index contributed by atoms with van der Waals surface area (Å²) in [7, 11) is 0. The molecule has 0 bridgehead atoms. The third kappa shape index (κ3) is 2.71. The van der Waals surface area contributed by atoms with E-state index >= 15 is 0 Å². The molecule has 3 atom stereocenters. The Morgan fingerprint density at radius 3 is 2.67 bits per heavy atom. The van der Waals surface area contributed by atoms with Gasteiger partial charge in [-0.2, -0.15) is 0 Å². The van der Waals surface area contributed by atoms with Crippen molar-refractivity contribution in [2.24, 2.45) is 11.8 Å². The first kappa shape index (κ1) is 15.3. The lowest BCUT2D eigenvalue weighted by atomic mass is 9.89. The van der Waals surface area contributed by atoms with Gasteiger partial charge in [0, 0.05) is 39.4 Å². The molecule has 24 heavy (non-hydrogen) atoms. The van der Waals surface area contributed by atoms with Crippen molar-refractivity contribution in [3.8, 4) is 0 Å². The van der Waals surface area contributed by atoms with E-state index in [1.165, 1.54) is 5.56 Å². The number of benzene rings is 1. The van der Waals surface area contributed by atoms with E-state index in [2.05, 4.69) is 39.4 Å². The van der Waals surface area contributed by atoms with Crippen molar-refractivity contribution in [3.63, 3.8) is 0 Å². The number of hydrogen-bond acceptors (Lipinski definition) is 5. The highest BCUT2D eigenvalue weighted by Crippen LogP contribution is 2.45. The summed E-state index contributed by atoms with van der Waals surface area (Å²) < 4.78 is 5.51. The molecule has 6 heteroatoms. The normalized spacial score (nSPS) is 26.8. The van der Waals surface area contributed by atoms with Crippen LogP contribution in [-0.2, 0) is 11.3 Å². The smallest absolute Gasteiger partial charge is 0.230 e. The number of fused-ring (bicyclic) bond motifs is 1. The maximum Gasteiger partial charge on any atom is 0.230 e. The molecule has 0 spiro atoms. The van der Waals surface area contributed by atoms with Crippen LogP contribution >= 0.6 is 0 Å². The maximum absolute atomic E-state index is 12.1. The van der Waals surface area contributed by atoms with Gasteiger partial charge in [-0.3, -0.25) is 9.69 Å². The van der Waals surface area contributed by atoms with E-state index in [9.17, 15) is 4.79 Å². The van der Waals surface area contributed by atoms with Gasteiger partial charge in [0.2, 0.25) is 17.7 Å². The molecule has 2 aliphatic heterocycles. The van der Waals surface area contributed by atoms with Gasteiger partial charge in [-0.1, -0.05) is 30.3 Å². The molecule has 2 aliphatic rings. The quantitative estimate of drug-likeness (QED) is 0.863. The van der Waals surface area contributed by atoms with Crippen LogP contribution in [0.25, 0.3) is 0 Å². The molecule has 6 nitrogen and oxygen atoms in total. The molecule has 0 saturated carbocycles. The van der Waals surface area contributed by atoms with E-state index in [4.69, 9.17) is 4.42 Å². The topological polar surface area (TPSA) is 62.5 Å². The molecule has 1 aromatic carbocycles. The van der Waals surface area contributed by atoms with Gasteiger partial charge in [-0.05, 0) is 11.5 Å². The Hall–Kier alpha value is -2.21. The van der Waals surface area contributed by atoms with Crippen molar-refractivity contribution in [3.05, 3.63) is 47.7 Å². The highest BCUT2D eigenvalue weighted by Gasteiger charge is 2.48. The minimum absolute atomic E-state index is 0.164. The maximum atomic E-state index is 12.1. The zero-order valence-corrected chi connectivity index (χ0v) is 14.1. The third-order valence-electron chi connectivity index (χ3n) is 5.21. The lowest BCUT2D eigenvalue weighted by Crippen LogP contribution is -2.34. The molecular formula is C18H22N4O2. The number of hydrogen-bond donors (Lipinski definition) is 0. The molecule has 126 valence electrons. The summed E-state index contributed by atoms with van der Waals surface area (Å²) in [5.74, 6) is 2.40. The lowest BCUT2D eigenvalue weighted by molar-refractivity contribution is -0.130. The van der Waals surface area contributed by atoms with E-state index in [-0.39, 0.29) is 11.9 Å². The summed E-state index contributed by atoms with van der Waals surface area (Å²) in [4.78, 5) is 16.5. The number of aromatic nitrogens is 2. The average Bonchev–Trinajstić information content (AvgIpc) is 3.22. The van der Waals surface area contributed by atoms with Gasteiger partial charge >= 0.3 is 0 Å². The van der Waals surface area contributed by atoms with Gasteiger partial charge in [0.05, 0.1) is 12.6 Å². The fraction of sp³-hybridized carbons (Fsp3) is 0.500. The van der Waals surface area contributed by atoms with Gasteiger partial charge < -0.3 is 9.32 Å². The summed E-state index contributed by atoms with van der Waals surface area (Å²) in [6.45, 7) is 6.93. The molecule has 4 rings (SSSR count).